The van der Waals surface area contributed by atoms with Crippen molar-refractivity contribution in [2.75, 3.05) is 19.0 Å². The number of hydrogen-bond donors (Lipinski definition) is 2. The maximum atomic E-state index is 11.1. The lowest BCUT2D eigenvalue weighted by molar-refractivity contribution is -0.123. The van der Waals surface area contributed by atoms with Crippen molar-refractivity contribution in [3.05, 3.63) is 0 Å². The number of alkyl halides is 1. The van der Waals surface area contributed by atoms with Gasteiger partial charge in [-0.15, -0.1) is 11.6 Å². The quantitative estimate of drug-likeness (QED) is 0.484. The normalized spacial score (nSPS) is 15.2. The fraction of sp³-hybridized carbons (Fsp3) is 0.750. The molecule has 1 fully saturated rings. The molecule has 5 heteroatoms. The predicted molar refractivity (Wildman–Crippen MR) is 49.5 cm³/mol. The molecule has 0 aromatic heterocycles. The van der Waals surface area contributed by atoms with E-state index in [1.165, 1.54) is 0 Å². The summed E-state index contributed by atoms with van der Waals surface area (Å²) >= 11 is 5.25. The van der Waals surface area contributed by atoms with Gasteiger partial charge in [-0.25, -0.2) is 0 Å². The summed E-state index contributed by atoms with van der Waals surface area (Å²) in [7, 11) is 0. The van der Waals surface area contributed by atoms with Crippen LogP contribution in [0.3, 0.4) is 0 Å². The molecule has 0 aliphatic heterocycles. The monoisotopic (exact) mass is 204 g/mol. The topological polar surface area (TPSA) is 58.2 Å². The third-order valence-electron chi connectivity index (χ3n) is 1.82. The second-order valence-electron chi connectivity index (χ2n) is 3.05. The van der Waals surface area contributed by atoms with Crippen LogP contribution in [0.4, 0.5) is 0 Å². The molecule has 1 saturated carbocycles. The summed E-state index contributed by atoms with van der Waals surface area (Å²) < 4.78 is 0. The maximum absolute atomic E-state index is 11.1. The fourth-order valence-corrected chi connectivity index (χ4v) is 1.02. The van der Waals surface area contributed by atoms with Crippen LogP contribution in [0, 0.1) is 5.92 Å². The molecule has 1 aliphatic carbocycles. The first-order valence-corrected chi connectivity index (χ1v) is 4.88. The highest BCUT2D eigenvalue weighted by Crippen LogP contribution is 2.28. The van der Waals surface area contributed by atoms with Crippen LogP contribution in [-0.2, 0) is 9.59 Å². The van der Waals surface area contributed by atoms with Gasteiger partial charge in [-0.1, -0.05) is 0 Å². The molecular weight excluding hydrogens is 192 g/mol. The molecule has 74 valence electrons. The summed E-state index contributed by atoms with van der Waals surface area (Å²) in [6.45, 7) is 0.933. The predicted octanol–water partition coefficient (Wildman–Crippen LogP) is -0.132. The van der Waals surface area contributed by atoms with E-state index in [1.54, 1.807) is 0 Å². The molecule has 2 amide bonds. The van der Waals surface area contributed by atoms with E-state index >= 15 is 0 Å². The van der Waals surface area contributed by atoms with E-state index in [4.69, 9.17) is 11.6 Å². The van der Waals surface area contributed by atoms with Crippen molar-refractivity contribution < 1.29 is 9.59 Å². The van der Waals surface area contributed by atoms with Crippen LogP contribution in [0.2, 0.25) is 0 Å². The molecule has 13 heavy (non-hydrogen) atoms. The van der Waals surface area contributed by atoms with Crippen LogP contribution >= 0.6 is 11.6 Å². The molecule has 4 nitrogen and oxygen atoms in total. The Morgan fingerprint density at radius 2 is 1.85 bits per heavy atom. The lowest BCUT2D eigenvalue weighted by atomic mass is 10.4. The standard InChI is InChI=1S/C8H13ClN2O2/c9-5-7(12)10-3-4-11-8(13)6-1-2-6/h6H,1-5H2,(H,10,12)(H,11,13). The van der Waals surface area contributed by atoms with E-state index in [0.29, 0.717) is 13.1 Å². The van der Waals surface area contributed by atoms with Gasteiger partial charge in [0, 0.05) is 19.0 Å². The van der Waals surface area contributed by atoms with Crippen molar-refractivity contribution in [3.63, 3.8) is 0 Å². The summed E-state index contributed by atoms with van der Waals surface area (Å²) in [5.74, 6) is 0.0857. The summed E-state index contributed by atoms with van der Waals surface area (Å²) in [5, 5.41) is 5.29. The van der Waals surface area contributed by atoms with Gasteiger partial charge in [0.2, 0.25) is 11.8 Å². The van der Waals surface area contributed by atoms with Gasteiger partial charge in [0.1, 0.15) is 5.88 Å². The lowest BCUT2D eigenvalue weighted by Gasteiger charge is -2.04. The van der Waals surface area contributed by atoms with E-state index in [2.05, 4.69) is 10.6 Å². The van der Waals surface area contributed by atoms with Crippen LogP contribution < -0.4 is 10.6 Å². The molecular formula is C8H13ClN2O2. The Morgan fingerprint density at radius 3 is 2.38 bits per heavy atom. The molecule has 1 rings (SSSR count). The number of hydrogen-bond acceptors (Lipinski definition) is 2. The summed E-state index contributed by atoms with van der Waals surface area (Å²) in [5.41, 5.74) is 0. The molecule has 0 unspecified atom stereocenters. The number of halogens is 1. The van der Waals surface area contributed by atoms with Crippen LogP contribution in [-0.4, -0.2) is 30.8 Å². The summed E-state index contributed by atoms with van der Waals surface area (Å²) in [6, 6.07) is 0. The Balaban J connectivity index is 1.94. The molecule has 0 spiro atoms. The van der Waals surface area contributed by atoms with E-state index in [9.17, 15) is 9.59 Å². The smallest absolute Gasteiger partial charge is 0.234 e. The van der Waals surface area contributed by atoms with Crippen LogP contribution in [0.1, 0.15) is 12.8 Å². The average Bonchev–Trinajstić information content (AvgIpc) is 2.94. The first kappa shape index (κ1) is 10.3. The highest BCUT2D eigenvalue weighted by molar-refractivity contribution is 6.27. The van der Waals surface area contributed by atoms with Crippen molar-refractivity contribution >= 4 is 23.4 Å². The average molecular weight is 205 g/mol. The number of carbonyl (C=O) groups is 2. The molecule has 0 bridgehead atoms. The van der Waals surface area contributed by atoms with Gasteiger partial charge in [0.25, 0.3) is 0 Å². The highest BCUT2D eigenvalue weighted by atomic mass is 35.5. The Morgan fingerprint density at radius 1 is 1.23 bits per heavy atom. The van der Waals surface area contributed by atoms with E-state index in [1.807, 2.05) is 0 Å². The highest BCUT2D eigenvalue weighted by Gasteiger charge is 2.28. The SMILES string of the molecule is O=C(CCl)NCCNC(=O)C1CC1. The van der Waals surface area contributed by atoms with Gasteiger partial charge < -0.3 is 10.6 Å². The van der Waals surface area contributed by atoms with Crippen LogP contribution in [0.25, 0.3) is 0 Å². The zero-order valence-electron chi connectivity index (χ0n) is 7.31. The van der Waals surface area contributed by atoms with Crippen molar-refractivity contribution in [2.45, 2.75) is 12.8 Å². The number of amides is 2. The fourth-order valence-electron chi connectivity index (χ4n) is 0.925. The Kier molecular flexibility index (Phi) is 4.02. The van der Waals surface area contributed by atoms with Crippen LogP contribution in [0.15, 0.2) is 0 Å². The zero-order valence-corrected chi connectivity index (χ0v) is 8.06. The molecule has 0 atom stereocenters. The minimum atomic E-state index is -0.206. The van der Waals surface area contributed by atoms with E-state index in [0.717, 1.165) is 12.8 Å². The molecule has 0 saturated heterocycles. The number of rotatable bonds is 5. The van der Waals surface area contributed by atoms with Crippen molar-refractivity contribution in [2.24, 2.45) is 5.92 Å². The Hall–Kier alpha value is -0.770. The third kappa shape index (κ3) is 4.12. The first-order valence-electron chi connectivity index (χ1n) is 4.34. The molecule has 1 aliphatic rings. The molecule has 0 radical (unpaired) electrons. The van der Waals surface area contributed by atoms with Gasteiger partial charge in [0.05, 0.1) is 0 Å². The van der Waals surface area contributed by atoms with Crippen LogP contribution in [0.5, 0.6) is 0 Å². The first-order chi connectivity index (χ1) is 6.24. The zero-order chi connectivity index (χ0) is 9.68. The van der Waals surface area contributed by atoms with Crippen molar-refractivity contribution in [3.8, 4) is 0 Å². The van der Waals surface area contributed by atoms with E-state index in [-0.39, 0.29) is 23.6 Å². The molecule has 0 aromatic carbocycles. The van der Waals surface area contributed by atoms with Crippen molar-refractivity contribution in [1.29, 1.82) is 0 Å². The second-order valence-corrected chi connectivity index (χ2v) is 3.32. The van der Waals surface area contributed by atoms with Crippen molar-refractivity contribution in [1.82, 2.24) is 10.6 Å². The summed E-state index contributed by atoms with van der Waals surface area (Å²) in [4.78, 5) is 21.7. The minimum absolute atomic E-state index is 0.0312. The van der Waals surface area contributed by atoms with Gasteiger partial charge in [0.15, 0.2) is 0 Å². The largest absolute Gasteiger partial charge is 0.354 e. The van der Waals surface area contributed by atoms with Gasteiger partial charge >= 0.3 is 0 Å². The summed E-state index contributed by atoms with van der Waals surface area (Å²) in [6.07, 6.45) is 2.00. The van der Waals surface area contributed by atoms with E-state index < -0.39 is 0 Å². The van der Waals surface area contributed by atoms with Gasteiger partial charge in [-0.3, -0.25) is 9.59 Å². The lowest BCUT2D eigenvalue weighted by Crippen LogP contribution is -2.35. The Bertz CT molecular complexity index is 204. The molecule has 0 aromatic rings. The number of carbonyl (C=O) groups excluding carboxylic acids is 2. The number of nitrogens with one attached hydrogen (secondary N) is 2. The second kappa shape index (κ2) is 5.07. The minimum Gasteiger partial charge on any atom is -0.354 e. The third-order valence-corrected chi connectivity index (χ3v) is 2.06. The Labute approximate surface area is 82.0 Å². The maximum Gasteiger partial charge on any atom is 0.234 e. The molecule has 2 N–H and O–H groups in total. The van der Waals surface area contributed by atoms with Gasteiger partial charge in [-0.05, 0) is 12.8 Å². The molecule has 0 heterocycles. The van der Waals surface area contributed by atoms with Gasteiger partial charge in [-0.2, -0.15) is 0 Å².